The summed E-state index contributed by atoms with van der Waals surface area (Å²) in [5.41, 5.74) is 1.10. The minimum Gasteiger partial charge on any atom is -0.457 e. The second-order valence-electron chi connectivity index (χ2n) is 4.45. The highest BCUT2D eigenvalue weighted by atomic mass is 16.7. The van der Waals surface area contributed by atoms with Crippen molar-refractivity contribution in [1.82, 2.24) is 0 Å². The maximum atomic E-state index is 11.5. The van der Waals surface area contributed by atoms with Crippen LogP contribution in [0.1, 0.15) is 34.1 Å². The van der Waals surface area contributed by atoms with Crippen molar-refractivity contribution in [3.8, 4) is 0 Å². The van der Waals surface area contributed by atoms with Crippen molar-refractivity contribution in [2.24, 2.45) is 5.16 Å². The average Bonchev–Trinajstić information content (AvgIpc) is 2.45. The number of carbonyl (C=O) groups is 1. The van der Waals surface area contributed by atoms with Gasteiger partial charge in [0.2, 0.25) is 0 Å². The molecule has 0 aromatic carbocycles. The summed E-state index contributed by atoms with van der Waals surface area (Å²) in [5, 5.41) is 3.71. The van der Waals surface area contributed by atoms with E-state index in [1.54, 1.807) is 0 Å². The number of nitrogens with zero attached hydrogens (tertiary/aromatic N) is 1. The maximum Gasteiger partial charge on any atom is 0.356 e. The summed E-state index contributed by atoms with van der Waals surface area (Å²) in [4.78, 5) is 16.5. The fraction of sp³-hybridized carbons (Fsp3) is 0.636. The molecule has 4 nitrogen and oxygen atoms in total. The lowest BCUT2D eigenvalue weighted by molar-refractivity contribution is -0.134. The van der Waals surface area contributed by atoms with Gasteiger partial charge in [0.1, 0.15) is 12.2 Å². The highest BCUT2D eigenvalue weighted by Crippen LogP contribution is 2.22. The molecule has 0 spiro atoms. The predicted molar refractivity (Wildman–Crippen MR) is 57.6 cm³/mol. The van der Waals surface area contributed by atoms with E-state index >= 15 is 0 Å². The van der Waals surface area contributed by atoms with Crippen LogP contribution in [0, 0.1) is 0 Å². The zero-order valence-electron chi connectivity index (χ0n) is 9.66. The molecule has 0 aromatic rings. The first-order valence-corrected chi connectivity index (χ1v) is 4.96. The van der Waals surface area contributed by atoms with Crippen LogP contribution in [0.4, 0.5) is 0 Å². The molecule has 0 aliphatic carbocycles. The number of esters is 1. The molecule has 4 heteroatoms. The third-order valence-electron chi connectivity index (χ3n) is 1.94. The number of allylic oxidation sites excluding steroid dienone is 1. The highest BCUT2D eigenvalue weighted by Gasteiger charge is 2.33. The van der Waals surface area contributed by atoms with Crippen molar-refractivity contribution < 1.29 is 14.4 Å². The number of ether oxygens (including phenoxy) is 1. The molecule has 1 heterocycles. The number of oxime groups is 1. The van der Waals surface area contributed by atoms with Gasteiger partial charge in [-0.05, 0) is 33.8 Å². The highest BCUT2D eigenvalue weighted by molar-refractivity contribution is 6.36. The third-order valence-corrected chi connectivity index (χ3v) is 1.94. The summed E-state index contributed by atoms with van der Waals surface area (Å²) >= 11 is 0. The van der Waals surface area contributed by atoms with Crippen molar-refractivity contribution >= 4 is 11.7 Å². The molecule has 0 bridgehead atoms. The average molecular weight is 211 g/mol. The maximum absolute atomic E-state index is 11.5. The van der Waals surface area contributed by atoms with E-state index in [1.165, 1.54) is 0 Å². The first kappa shape index (κ1) is 11.8. The summed E-state index contributed by atoms with van der Waals surface area (Å²) in [6, 6.07) is 0. The molecule has 84 valence electrons. The second kappa shape index (κ2) is 4.47. The molecule has 0 aromatic heterocycles. The lowest BCUT2D eigenvalue weighted by Gasteiger charge is -2.12. The van der Waals surface area contributed by atoms with Gasteiger partial charge in [-0.1, -0.05) is 10.7 Å². The molecule has 0 saturated carbocycles. The van der Waals surface area contributed by atoms with Crippen LogP contribution in [0.3, 0.4) is 0 Å². The molecule has 15 heavy (non-hydrogen) atoms. The Balaban J connectivity index is 2.40. The molecule has 1 rings (SSSR count). The molecule has 1 aliphatic heterocycles. The van der Waals surface area contributed by atoms with E-state index in [2.05, 4.69) is 5.16 Å². The standard InChI is InChI=1S/C11H17NO3/c1-8(2)5-6-14-10(13)9-7-11(3,4)15-12-9/h5H,6-7H2,1-4H3. The molecule has 0 N–H and O–H groups in total. The van der Waals surface area contributed by atoms with Crippen LogP contribution in [-0.4, -0.2) is 23.9 Å². The zero-order valence-corrected chi connectivity index (χ0v) is 9.66. The largest absolute Gasteiger partial charge is 0.457 e. The molecule has 0 atom stereocenters. The molecule has 0 amide bonds. The van der Waals surface area contributed by atoms with E-state index in [-0.39, 0.29) is 5.60 Å². The van der Waals surface area contributed by atoms with Crippen molar-refractivity contribution in [2.45, 2.75) is 39.7 Å². The van der Waals surface area contributed by atoms with Gasteiger partial charge < -0.3 is 9.57 Å². The first-order chi connectivity index (χ1) is 6.91. The SMILES string of the molecule is CC(C)=CCOC(=O)C1=NOC(C)(C)C1. The Hall–Kier alpha value is -1.32. The summed E-state index contributed by atoms with van der Waals surface area (Å²) < 4.78 is 5.00. The van der Waals surface area contributed by atoms with Gasteiger partial charge in [0.25, 0.3) is 0 Å². The molecule has 0 radical (unpaired) electrons. The Kier molecular flexibility index (Phi) is 3.50. The number of hydrogen-bond donors (Lipinski definition) is 0. The topological polar surface area (TPSA) is 47.9 Å². The Morgan fingerprint density at radius 2 is 2.27 bits per heavy atom. The predicted octanol–water partition coefficient (Wildman–Crippen LogP) is 2.05. The van der Waals surface area contributed by atoms with Gasteiger partial charge in [-0.3, -0.25) is 0 Å². The van der Waals surface area contributed by atoms with E-state index < -0.39 is 5.97 Å². The van der Waals surface area contributed by atoms with Crippen LogP contribution in [0.15, 0.2) is 16.8 Å². The van der Waals surface area contributed by atoms with Crippen LogP contribution in [-0.2, 0) is 14.4 Å². The van der Waals surface area contributed by atoms with Gasteiger partial charge in [0.05, 0.1) is 0 Å². The molecule has 0 fully saturated rings. The molecule has 1 aliphatic rings. The van der Waals surface area contributed by atoms with Crippen molar-refractivity contribution in [3.63, 3.8) is 0 Å². The molecular formula is C11H17NO3. The molecule has 0 unspecified atom stereocenters. The van der Waals surface area contributed by atoms with Crippen LogP contribution in [0.2, 0.25) is 0 Å². The van der Waals surface area contributed by atoms with E-state index in [0.717, 1.165) is 5.57 Å². The number of hydrogen-bond acceptors (Lipinski definition) is 4. The van der Waals surface area contributed by atoms with E-state index in [0.29, 0.717) is 18.7 Å². The Labute approximate surface area is 89.9 Å². The minimum atomic E-state index is -0.391. The van der Waals surface area contributed by atoms with E-state index in [4.69, 9.17) is 9.57 Å². The Morgan fingerprint density at radius 1 is 1.60 bits per heavy atom. The summed E-state index contributed by atoms with van der Waals surface area (Å²) in [7, 11) is 0. The minimum absolute atomic E-state index is 0.292. The quantitative estimate of drug-likeness (QED) is 0.530. The Bertz CT molecular complexity index is 312. The first-order valence-electron chi connectivity index (χ1n) is 4.96. The molecule has 0 saturated heterocycles. The number of rotatable bonds is 3. The van der Waals surface area contributed by atoms with Gasteiger partial charge in [0, 0.05) is 6.42 Å². The number of carbonyl (C=O) groups excluding carboxylic acids is 1. The van der Waals surface area contributed by atoms with Crippen LogP contribution in [0.25, 0.3) is 0 Å². The van der Waals surface area contributed by atoms with Crippen LogP contribution < -0.4 is 0 Å². The Morgan fingerprint density at radius 3 is 2.73 bits per heavy atom. The van der Waals surface area contributed by atoms with Gasteiger partial charge in [-0.2, -0.15) is 0 Å². The van der Waals surface area contributed by atoms with E-state index in [9.17, 15) is 4.79 Å². The van der Waals surface area contributed by atoms with Gasteiger partial charge >= 0.3 is 5.97 Å². The second-order valence-corrected chi connectivity index (χ2v) is 4.45. The normalized spacial score (nSPS) is 17.7. The van der Waals surface area contributed by atoms with Gasteiger partial charge in [-0.25, -0.2) is 4.79 Å². The summed E-state index contributed by atoms with van der Waals surface area (Å²) in [5.74, 6) is -0.391. The lowest BCUT2D eigenvalue weighted by atomic mass is 10.0. The van der Waals surface area contributed by atoms with Gasteiger partial charge in [0.15, 0.2) is 5.71 Å². The fourth-order valence-corrected chi connectivity index (χ4v) is 1.12. The smallest absolute Gasteiger partial charge is 0.356 e. The van der Waals surface area contributed by atoms with Crippen LogP contribution >= 0.6 is 0 Å². The third kappa shape index (κ3) is 3.73. The monoisotopic (exact) mass is 211 g/mol. The van der Waals surface area contributed by atoms with Crippen molar-refractivity contribution in [2.75, 3.05) is 6.61 Å². The van der Waals surface area contributed by atoms with E-state index in [1.807, 2.05) is 33.8 Å². The zero-order chi connectivity index (χ0) is 11.5. The van der Waals surface area contributed by atoms with Crippen molar-refractivity contribution in [1.29, 1.82) is 0 Å². The lowest BCUT2D eigenvalue weighted by Crippen LogP contribution is -2.23. The summed E-state index contributed by atoms with van der Waals surface area (Å²) in [6.07, 6.45) is 2.35. The van der Waals surface area contributed by atoms with Crippen LogP contribution in [0.5, 0.6) is 0 Å². The summed E-state index contributed by atoms with van der Waals surface area (Å²) in [6.45, 7) is 7.96. The fourth-order valence-electron chi connectivity index (χ4n) is 1.12. The molecular weight excluding hydrogens is 194 g/mol. The van der Waals surface area contributed by atoms with Gasteiger partial charge in [-0.15, -0.1) is 0 Å². The van der Waals surface area contributed by atoms with Crippen molar-refractivity contribution in [3.05, 3.63) is 11.6 Å².